The quantitative estimate of drug-likeness (QED) is 0.544. The molecule has 0 heterocycles. The van der Waals surface area contributed by atoms with Crippen LogP contribution in [0.15, 0.2) is 35.7 Å². The second-order valence-corrected chi connectivity index (χ2v) is 3.48. The van der Waals surface area contributed by atoms with Gasteiger partial charge in [0, 0.05) is 10.6 Å². The fraction of sp³-hybridized carbons (Fsp3) is 0.100. The zero-order chi connectivity index (χ0) is 9.68. The van der Waals surface area contributed by atoms with E-state index in [0.717, 1.165) is 4.90 Å². The lowest BCUT2D eigenvalue weighted by Crippen LogP contribution is -1.82. The summed E-state index contributed by atoms with van der Waals surface area (Å²) in [6.45, 7) is 3.56. The first-order valence-electron chi connectivity index (χ1n) is 3.70. The third kappa shape index (κ3) is 2.92. The number of nitrogens with zero attached hydrogens (tertiary/aromatic N) is 1. The van der Waals surface area contributed by atoms with Crippen LogP contribution in [0.2, 0.25) is 0 Å². The van der Waals surface area contributed by atoms with Crippen molar-refractivity contribution in [1.29, 1.82) is 5.26 Å². The van der Waals surface area contributed by atoms with Crippen LogP contribution in [0.25, 0.3) is 0 Å². The van der Waals surface area contributed by atoms with E-state index in [1.165, 1.54) is 23.9 Å². The van der Waals surface area contributed by atoms with Gasteiger partial charge < -0.3 is 0 Å². The van der Waals surface area contributed by atoms with Crippen molar-refractivity contribution in [2.75, 3.05) is 5.75 Å². The average molecular weight is 193 g/mol. The van der Waals surface area contributed by atoms with E-state index in [9.17, 15) is 4.39 Å². The van der Waals surface area contributed by atoms with Crippen LogP contribution < -0.4 is 0 Å². The molecule has 0 amide bonds. The predicted molar refractivity (Wildman–Crippen MR) is 52.0 cm³/mol. The summed E-state index contributed by atoms with van der Waals surface area (Å²) in [6.07, 6.45) is 1.74. The SMILES string of the molecule is C=CCSc1cc(F)cc(C#N)c1. The van der Waals surface area contributed by atoms with E-state index in [2.05, 4.69) is 6.58 Å². The van der Waals surface area contributed by atoms with Gasteiger partial charge in [-0.25, -0.2) is 4.39 Å². The molecule has 1 rings (SSSR count). The molecular weight excluding hydrogens is 185 g/mol. The first kappa shape index (κ1) is 9.82. The zero-order valence-electron chi connectivity index (χ0n) is 6.96. The molecular formula is C10H8FNS. The van der Waals surface area contributed by atoms with E-state index in [1.54, 1.807) is 12.1 Å². The van der Waals surface area contributed by atoms with Crippen LogP contribution >= 0.6 is 11.8 Å². The summed E-state index contributed by atoms with van der Waals surface area (Å²) in [5.41, 5.74) is 0.353. The van der Waals surface area contributed by atoms with Crippen LogP contribution in [0.1, 0.15) is 5.56 Å². The summed E-state index contributed by atoms with van der Waals surface area (Å²) in [5, 5.41) is 8.57. The molecule has 0 fully saturated rings. The summed E-state index contributed by atoms with van der Waals surface area (Å²) in [6, 6.07) is 6.20. The molecule has 0 atom stereocenters. The highest BCUT2D eigenvalue weighted by molar-refractivity contribution is 7.99. The lowest BCUT2D eigenvalue weighted by atomic mass is 10.2. The van der Waals surface area contributed by atoms with Gasteiger partial charge in [0.05, 0.1) is 11.6 Å². The van der Waals surface area contributed by atoms with Gasteiger partial charge in [-0.1, -0.05) is 6.08 Å². The second-order valence-electron chi connectivity index (χ2n) is 2.39. The molecule has 1 nitrogen and oxygen atoms in total. The molecule has 13 heavy (non-hydrogen) atoms. The minimum Gasteiger partial charge on any atom is -0.207 e. The summed E-state index contributed by atoms with van der Waals surface area (Å²) in [7, 11) is 0. The molecule has 0 saturated carbocycles. The number of benzene rings is 1. The van der Waals surface area contributed by atoms with Gasteiger partial charge in [0.2, 0.25) is 0 Å². The van der Waals surface area contributed by atoms with Crippen molar-refractivity contribution in [2.45, 2.75) is 4.90 Å². The van der Waals surface area contributed by atoms with Crippen molar-refractivity contribution in [3.63, 3.8) is 0 Å². The van der Waals surface area contributed by atoms with Gasteiger partial charge in [0.25, 0.3) is 0 Å². The maximum atomic E-state index is 12.9. The van der Waals surface area contributed by atoms with Crippen LogP contribution in [0.5, 0.6) is 0 Å². The largest absolute Gasteiger partial charge is 0.207 e. The maximum Gasteiger partial charge on any atom is 0.125 e. The Morgan fingerprint density at radius 2 is 2.31 bits per heavy atom. The van der Waals surface area contributed by atoms with Crippen molar-refractivity contribution in [3.8, 4) is 6.07 Å². The Kier molecular flexibility index (Phi) is 3.53. The number of hydrogen-bond donors (Lipinski definition) is 0. The normalized spacial score (nSPS) is 9.23. The van der Waals surface area contributed by atoms with Crippen molar-refractivity contribution in [3.05, 3.63) is 42.2 Å². The maximum absolute atomic E-state index is 12.9. The predicted octanol–water partition coefficient (Wildman–Crippen LogP) is 2.98. The van der Waals surface area contributed by atoms with Crippen molar-refractivity contribution in [1.82, 2.24) is 0 Å². The molecule has 0 aromatic heterocycles. The standard InChI is InChI=1S/C10H8FNS/c1-2-3-13-10-5-8(7-12)4-9(11)6-10/h2,4-6H,1,3H2. The molecule has 0 aliphatic carbocycles. The Balaban J connectivity index is 2.89. The van der Waals surface area contributed by atoms with Gasteiger partial charge in [-0.15, -0.1) is 18.3 Å². The summed E-state index contributed by atoms with van der Waals surface area (Å²) < 4.78 is 12.9. The van der Waals surface area contributed by atoms with E-state index in [1.807, 2.05) is 6.07 Å². The van der Waals surface area contributed by atoms with Gasteiger partial charge in [-0.05, 0) is 18.2 Å². The minimum absolute atomic E-state index is 0.353. The molecule has 0 aliphatic rings. The van der Waals surface area contributed by atoms with E-state index in [0.29, 0.717) is 11.3 Å². The van der Waals surface area contributed by atoms with E-state index in [-0.39, 0.29) is 5.82 Å². The second kappa shape index (κ2) is 4.68. The fourth-order valence-corrected chi connectivity index (χ4v) is 1.58. The molecule has 3 heteroatoms. The summed E-state index contributed by atoms with van der Waals surface area (Å²) in [4.78, 5) is 0.761. The highest BCUT2D eigenvalue weighted by Crippen LogP contribution is 2.20. The van der Waals surface area contributed by atoms with Crippen LogP contribution in [0.3, 0.4) is 0 Å². The Bertz CT molecular complexity index is 354. The summed E-state index contributed by atoms with van der Waals surface area (Å²) in [5.74, 6) is 0.347. The highest BCUT2D eigenvalue weighted by atomic mass is 32.2. The van der Waals surface area contributed by atoms with Gasteiger partial charge in [-0.3, -0.25) is 0 Å². The van der Waals surface area contributed by atoms with Gasteiger partial charge in [0.15, 0.2) is 0 Å². The average Bonchev–Trinajstić information content (AvgIpc) is 2.14. The Morgan fingerprint density at radius 1 is 1.54 bits per heavy atom. The van der Waals surface area contributed by atoms with E-state index in [4.69, 9.17) is 5.26 Å². The lowest BCUT2D eigenvalue weighted by molar-refractivity contribution is 0.623. The monoisotopic (exact) mass is 193 g/mol. The van der Waals surface area contributed by atoms with Crippen LogP contribution in [-0.4, -0.2) is 5.75 Å². The Morgan fingerprint density at radius 3 is 2.92 bits per heavy atom. The minimum atomic E-state index is -0.370. The van der Waals surface area contributed by atoms with E-state index < -0.39 is 0 Å². The Hall–Kier alpha value is -1.27. The van der Waals surface area contributed by atoms with Crippen LogP contribution in [0, 0.1) is 17.1 Å². The number of rotatable bonds is 3. The molecule has 0 N–H and O–H groups in total. The number of hydrogen-bond acceptors (Lipinski definition) is 2. The lowest BCUT2D eigenvalue weighted by Gasteiger charge is -1.98. The van der Waals surface area contributed by atoms with Crippen molar-refractivity contribution in [2.24, 2.45) is 0 Å². The number of nitriles is 1. The molecule has 0 spiro atoms. The molecule has 0 radical (unpaired) electrons. The number of halogens is 1. The van der Waals surface area contributed by atoms with E-state index >= 15 is 0 Å². The molecule has 66 valence electrons. The van der Waals surface area contributed by atoms with Crippen LogP contribution in [0.4, 0.5) is 4.39 Å². The molecule has 0 saturated heterocycles. The van der Waals surface area contributed by atoms with Gasteiger partial charge in [0.1, 0.15) is 5.82 Å². The van der Waals surface area contributed by atoms with Gasteiger partial charge >= 0.3 is 0 Å². The Labute approximate surface area is 80.9 Å². The third-order valence-electron chi connectivity index (χ3n) is 1.37. The van der Waals surface area contributed by atoms with Gasteiger partial charge in [-0.2, -0.15) is 5.26 Å². The zero-order valence-corrected chi connectivity index (χ0v) is 7.77. The smallest absolute Gasteiger partial charge is 0.125 e. The molecule has 1 aromatic rings. The number of thioether (sulfide) groups is 1. The van der Waals surface area contributed by atoms with Crippen molar-refractivity contribution >= 4 is 11.8 Å². The topological polar surface area (TPSA) is 23.8 Å². The fourth-order valence-electron chi connectivity index (χ4n) is 0.866. The molecule has 0 bridgehead atoms. The molecule has 0 aliphatic heterocycles. The molecule has 1 aromatic carbocycles. The van der Waals surface area contributed by atoms with Crippen molar-refractivity contribution < 1.29 is 4.39 Å². The van der Waals surface area contributed by atoms with Crippen LogP contribution in [-0.2, 0) is 0 Å². The highest BCUT2D eigenvalue weighted by Gasteiger charge is 1.99. The molecule has 0 unspecified atom stereocenters. The summed E-state index contributed by atoms with van der Waals surface area (Å²) >= 11 is 1.45. The third-order valence-corrected chi connectivity index (χ3v) is 2.34. The first-order valence-corrected chi connectivity index (χ1v) is 4.69. The first-order chi connectivity index (χ1) is 6.26.